The topological polar surface area (TPSA) is 35.6 Å². The van der Waals surface area contributed by atoms with Crippen molar-refractivity contribution in [3.05, 3.63) is 35.9 Å². The van der Waals surface area contributed by atoms with E-state index in [0.717, 1.165) is 38.2 Å². The summed E-state index contributed by atoms with van der Waals surface area (Å²) in [6.07, 6.45) is 1.08. The molecule has 1 aromatic carbocycles. The van der Waals surface area contributed by atoms with Gasteiger partial charge in [0.25, 0.3) is 0 Å². The first kappa shape index (κ1) is 14.9. The summed E-state index contributed by atoms with van der Waals surface area (Å²) in [5.41, 5.74) is 1.14. The minimum Gasteiger partial charge on any atom is -0.334 e. The first-order chi connectivity index (χ1) is 9.74. The predicted octanol–water partition coefficient (Wildman–Crippen LogP) is 2.31. The van der Waals surface area contributed by atoms with E-state index in [4.69, 9.17) is 0 Å². The van der Waals surface area contributed by atoms with Crippen LogP contribution in [0.5, 0.6) is 0 Å². The second-order valence-corrected chi connectivity index (χ2v) is 5.25. The zero-order valence-electron chi connectivity index (χ0n) is 12.5. The number of hydrogen-bond donors (Lipinski definition) is 1. The molecule has 1 heterocycles. The number of carbonyl (C=O) groups is 1. The largest absolute Gasteiger partial charge is 0.334 e. The van der Waals surface area contributed by atoms with E-state index in [-0.39, 0.29) is 6.03 Å². The zero-order chi connectivity index (χ0) is 14.4. The standard InChI is InChI=1S/C16H25N3O/c1-3-18(4-2)15-10-11-19(13-15)16(20)17-12-14-8-6-5-7-9-14/h5-9,15H,3-4,10-13H2,1-2H3,(H,17,20). The Morgan fingerprint density at radius 3 is 2.65 bits per heavy atom. The molecule has 0 saturated carbocycles. The summed E-state index contributed by atoms with van der Waals surface area (Å²) >= 11 is 0. The lowest BCUT2D eigenvalue weighted by atomic mass is 10.2. The Kier molecular flexibility index (Phi) is 5.41. The fourth-order valence-corrected chi connectivity index (χ4v) is 2.85. The van der Waals surface area contributed by atoms with Gasteiger partial charge in [0.1, 0.15) is 0 Å². The van der Waals surface area contributed by atoms with Crippen molar-refractivity contribution >= 4 is 6.03 Å². The monoisotopic (exact) mass is 275 g/mol. The highest BCUT2D eigenvalue weighted by Crippen LogP contribution is 2.15. The summed E-state index contributed by atoms with van der Waals surface area (Å²) in [4.78, 5) is 16.5. The number of urea groups is 1. The number of rotatable bonds is 5. The van der Waals surface area contributed by atoms with E-state index in [1.165, 1.54) is 0 Å². The van der Waals surface area contributed by atoms with Gasteiger partial charge in [0.15, 0.2) is 0 Å². The summed E-state index contributed by atoms with van der Waals surface area (Å²) in [7, 11) is 0. The van der Waals surface area contributed by atoms with Crippen LogP contribution in [-0.2, 0) is 6.54 Å². The lowest BCUT2D eigenvalue weighted by molar-refractivity contribution is 0.192. The molecule has 0 spiro atoms. The SMILES string of the molecule is CCN(CC)C1CCN(C(=O)NCc2ccccc2)C1. The summed E-state index contributed by atoms with van der Waals surface area (Å²) in [5.74, 6) is 0. The fraction of sp³-hybridized carbons (Fsp3) is 0.562. The summed E-state index contributed by atoms with van der Waals surface area (Å²) < 4.78 is 0. The van der Waals surface area contributed by atoms with Gasteiger partial charge in [0, 0.05) is 25.7 Å². The predicted molar refractivity (Wildman–Crippen MR) is 81.6 cm³/mol. The number of amides is 2. The molecule has 2 amide bonds. The van der Waals surface area contributed by atoms with Crippen molar-refractivity contribution in [2.24, 2.45) is 0 Å². The van der Waals surface area contributed by atoms with Crippen LogP contribution < -0.4 is 5.32 Å². The van der Waals surface area contributed by atoms with Gasteiger partial charge in [0.2, 0.25) is 0 Å². The normalized spacial score (nSPS) is 18.6. The number of carbonyl (C=O) groups excluding carboxylic acids is 1. The van der Waals surface area contributed by atoms with Crippen LogP contribution in [0.2, 0.25) is 0 Å². The molecule has 1 aliphatic rings. The van der Waals surface area contributed by atoms with Crippen LogP contribution in [0.15, 0.2) is 30.3 Å². The highest BCUT2D eigenvalue weighted by Gasteiger charge is 2.28. The van der Waals surface area contributed by atoms with E-state index in [2.05, 4.69) is 24.1 Å². The first-order valence-electron chi connectivity index (χ1n) is 7.55. The van der Waals surface area contributed by atoms with Crippen molar-refractivity contribution in [1.29, 1.82) is 0 Å². The molecule has 0 radical (unpaired) electrons. The van der Waals surface area contributed by atoms with Gasteiger partial charge in [-0.05, 0) is 25.1 Å². The Balaban J connectivity index is 1.79. The Morgan fingerprint density at radius 2 is 2.00 bits per heavy atom. The average molecular weight is 275 g/mol. The average Bonchev–Trinajstić information content (AvgIpc) is 2.97. The van der Waals surface area contributed by atoms with Crippen molar-refractivity contribution in [2.75, 3.05) is 26.2 Å². The highest BCUT2D eigenvalue weighted by atomic mass is 16.2. The van der Waals surface area contributed by atoms with Crippen molar-refractivity contribution in [1.82, 2.24) is 15.1 Å². The van der Waals surface area contributed by atoms with Crippen molar-refractivity contribution in [3.63, 3.8) is 0 Å². The van der Waals surface area contributed by atoms with Gasteiger partial charge >= 0.3 is 6.03 Å². The molecule has 0 aromatic heterocycles. The molecule has 110 valence electrons. The Hall–Kier alpha value is -1.55. The lowest BCUT2D eigenvalue weighted by Gasteiger charge is -2.26. The Labute approximate surface area is 121 Å². The molecular formula is C16H25N3O. The quantitative estimate of drug-likeness (QED) is 0.895. The first-order valence-corrected chi connectivity index (χ1v) is 7.55. The summed E-state index contributed by atoms with van der Waals surface area (Å²) in [6, 6.07) is 10.6. The van der Waals surface area contributed by atoms with Crippen molar-refractivity contribution in [3.8, 4) is 0 Å². The third-order valence-electron chi connectivity index (χ3n) is 4.07. The van der Waals surface area contributed by atoms with E-state index in [0.29, 0.717) is 12.6 Å². The number of nitrogens with one attached hydrogen (secondary N) is 1. The van der Waals surface area contributed by atoms with Crippen LogP contribution in [0, 0.1) is 0 Å². The molecule has 0 aliphatic carbocycles. The van der Waals surface area contributed by atoms with Crippen LogP contribution >= 0.6 is 0 Å². The lowest BCUT2D eigenvalue weighted by Crippen LogP contribution is -2.42. The number of hydrogen-bond acceptors (Lipinski definition) is 2. The third-order valence-corrected chi connectivity index (χ3v) is 4.07. The molecule has 20 heavy (non-hydrogen) atoms. The van der Waals surface area contributed by atoms with Gasteiger partial charge in [-0.3, -0.25) is 4.90 Å². The molecule has 0 bridgehead atoms. The smallest absolute Gasteiger partial charge is 0.317 e. The third kappa shape index (κ3) is 3.73. The molecule has 4 heteroatoms. The second kappa shape index (κ2) is 7.29. The Morgan fingerprint density at radius 1 is 1.30 bits per heavy atom. The molecule has 1 fully saturated rings. The molecular weight excluding hydrogens is 250 g/mol. The van der Waals surface area contributed by atoms with Gasteiger partial charge in [-0.2, -0.15) is 0 Å². The highest BCUT2D eigenvalue weighted by molar-refractivity contribution is 5.74. The van der Waals surface area contributed by atoms with E-state index >= 15 is 0 Å². The maximum Gasteiger partial charge on any atom is 0.317 e. The molecule has 1 aromatic rings. The van der Waals surface area contributed by atoms with Crippen molar-refractivity contribution < 1.29 is 4.79 Å². The van der Waals surface area contributed by atoms with Crippen LogP contribution in [0.3, 0.4) is 0 Å². The number of likely N-dealkylation sites (tertiary alicyclic amines) is 1. The number of benzene rings is 1. The van der Waals surface area contributed by atoms with E-state index in [1.54, 1.807) is 0 Å². The number of nitrogens with zero attached hydrogens (tertiary/aromatic N) is 2. The fourth-order valence-electron chi connectivity index (χ4n) is 2.85. The summed E-state index contributed by atoms with van der Waals surface area (Å²) in [6.45, 7) is 8.79. The molecule has 1 N–H and O–H groups in total. The van der Waals surface area contributed by atoms with Crippen LogP contribution in [0.1, 0.15) is 25.8 Å². The van der Waals surface area contributed by atoms with Gasteiger partial charge in [0.05, 0.1) is 0 Å². The molecule has 1 atom stereocenters. The Bertz CT molecular complexity index is 417. The zero-order valence-corrected chi connectivity index (χ0v) is 12.5. The molecule has 2 rings (SSSR count). The van der Waals surface area contributed by atoms with Gasteiger partial charge in [-0.1, -0.05) is 44.2 Å². The maximum atomic E-state index is 12.2. The van der Waals surface area contributed by atoms with Gasteiger partial charge in [-0.25, -0.2) is 4.79 Å². The molecule has 1 aliphatic heterocycles. The van der Waals surface area contributed by atoms with Crippen LogP contribution in [0.25, 0.3) is 0 Å². The summed E-state index contributed by atoms with van der Waals surface area (Å²) in [5, 5.41) is 3.00. The van der Waals surface area contributed by atoms with Crippen molar-refractivity contribution in [2.45, 2.75) is 32.9 Å². The van der Waals surface area contributed by atoms with Gasteiger partial charge in [-0.15, -0.1) is 0 Å². The second-order valence-electron chi connectivity index (χ2n) is 5.25. The molecule has 4 nitrogen and oxygen atoms in total. The van der Waals surface area contributed by atoms with E-state index in [9.17, 15) is 4.79 Å². The maximum absolute atomic E-state index is 12.2. The van der Waals surface area contributed by atoms with Crippen LogP contribution in [0.4, 0.5) is 4.79 Å². The van der Waals surface area contributed by atoms with Crippen LogP contribution in [-0.4, -0.2) is 48.1 Å². The molecule has 1 saturated heterocycles. The minimum atomic E-state index is 0.0588. The number of likely N-dealkylation sites (N-methyl/N-ethyl adjacent to an activating group) is 1. The van der Waals surface area contributed by atoms with E-state index < -0.39 is 0 Å². The minimum absolute atomic E-state index is 0.0588. The molecule has 1 unspecified atom stereocenters. The van der Waals surface area contributed by atoms with E-state index in [1.807, 2.05) is 35.2 Å². The van der Waals surface area contributed by atoms with Gasteiger partial charge < -0.3 is 10.2 Å².